The fourth-order valence-electron chi connectivity index (χ4n) is 5.52. The average Bonchev–Trinajstić information content (AvgIpc) is 2.62. The summed E-state index contributed by atoms with van der Waals surface area (Å²) in [6.45, 7) is 6.03. The first-order valence-corrected chi connectivity index (χ1v) is 10.0. The van der Waals surface area contributed by atoms with E-state index in [-0.39, 0.29) is 6.04 Å². The number of hydrogen-bond acceptors (Lipinski definition) is 5. The number of fused-ring (bicyclic) bond motifs is 6. The van der Waals surface area contributed by atoms with E-state index in [1.165, 1.54) is 0 Å². The van der Waals surface area contributed by atoms with Crippen LogP contribution in [0.25, 0.3) is 0 Å². The van der Waals surface area contributed by atoms with E-state index in [2.05, 4.69) is 9.80 Å². The smallest absolute Gasteiger partial charge is 0.335 e. The maximum absolute atomic E-state index is 12.4. The molecular formula is C20H30N2O4. The fraction of sp³-hybridized carbons (Fsp3) is 0.800. The SMILES string of the molecule is C/C=C(\C)C(=O)O[C@@]1(O)CCN2C[C@H]3C[C@H](CN4C(=O)CCC[C@H]34)[C@H]2C1. The maximum atomic E-state index is 12.4. The molecule has 4 aliphatic heterocycles. The normalized spacial score (nSPS) is 40.7. The van der Waals surface area contributed by atoms with Crippen LogP contribution in [0.1, 0.15) is 52.4 Å². The molecule has 0 aromatic carbocycles. The van der Waals surface area contributed by atoms with E-state index < -0.39 is 11.8 Å². The van der Waals surface area contributed by atoms with Gasteiger partial charge in [-0.2, -0.15) is 0 Å². The lowest BCUT2D eigenvalue weighted by Crippen LogP contribution is -2.66. The fourth-order valence-corrected chi connectivity index (χ4v) is 5.52. The van der Waals surface area contributed by atoms with Crippen LogP contribution >= 0.6 is 0 Å². The zero-order valence-corrected chi connectivity index (χ0v) is 15.8. The molecule has 2 bridgehead atoms. The topological polar surface area (TPSA) is 70.1 Å². The zero-order chi connectivity index (χ0) is 18.5. The third kappa shape index (κ3) is 3.07. The Morgan fingerprint density at radius 2 is 2.08 bits per heavy atom. The summed E-state index contributed by atoms with van der Waals surface area (Å²) in [5.41, 5.74) is 0.518. The number of hydrogen-bond donors (Lipinski definition) is 1. The van der Waals surface area contributed by atoms with E-state index in [1.54, 1.807) is 19.9 Å². The first-order chi connectivity index (χ1) is 12.4. The maximum Gasteiger partial charge on any atom is 0.335 e. The van der Waals surface area contributed by atoms with Crippen molar-refractivity contribution >= 4 is 11.9 Å². The van der Waals surface area contributed by atoms with Crippen molar-refractivity contribution in [3.8, 4) is 0 Å². The van der Waals surface area contributed by atoms with E-state index in [1.807, 2.05) is 0 Å². The van der Waals surface area contributed by atoms with E-state index >= 15 is 0 Å². The molecule has 1 amide bonds. The second-order valence-corrected chi connectivity index (χ2v) is 8.59. The zero-order valence-electron chi connectivity index (χ0n) is 15.8. The van der Waals surface area contributed by atoms with Crippen LogP contribution < -0.4 is 0 Å². The van der Waals surface area contributed by atoms with Crippen molar-refractivity contribution in [1.82, 2.24) is 9.80 Å². The number of amides is 1. The van der Waals surface area contributed by atoms with Crippen molar-refractivity contribution in [2.75, 3.05) is 19.6 Å². The Kier molecular flexibility index (Phi) is 4.59. The number of rotatable bonds is 2. The molecule has 4 aliphatic rings. The van der Waals surface area contributed by atoms with E-state index in [0.717, 1.165) is 38.9 Å². The van der Waals surface area contributed by atoms with E-state index in [0.29, 0.717) is 48.6 Å². The minimum atomic E-state index is -1.39. The van der Waals surface area contributed by atoms with Gasteiger partial charge in [-0.05, 0) is 44.9 Å². The molecule has 0 radical (unpaired) electrons. The number of esters is 1. The van der Waals surface area contributed by atoms with Crippen molar-refractivity contribution < 1.29 is 19.4 Å². The van der Waals surface area contributed by atoms with Crippen LogP contribution in [0.3, 0.4) is 0 Å². The van der Waals surface area contributed by atoms with Crippen LogP contribution in [-0.4, -0.2) is 64.3 Å². The van der Waals surface area contributed by atoms with E-state index in [4.69, 9.17) is 4.74 Å². The van der Waals surface area contributed by atoms with Crippen LogP contribution in [0, 0.1) is 11.8 Å². The lowest BCUT2D eigenvalue weighted by molar-refractivity contribution is -0.238. The Balaban J connectivity index is 1.49. The van der Waals surface area contributed by atoms with Crippen molar-refractivity contribution in [2.24, 2.45) is 11.8 Å². The van der Waals surface area contributed by atoms with Crippen molar-refractivity contribution in [3.05, 3.63) is 11.6 Å². The highest BCUT2D eigenvalue weighted by molar-refractivity contribution is 5.87. The number of ether oxygens (including phenoxy) is 1. The third-order valence-corrected chi connectivity index (χ3v) is 7.03. The molecule has 6 nitrogen and oxygen atoms in total. The molecule has 4 saturated heterocycles. The Hall–Kier alpha value is -1.40. The number of piperidine rings is 4. The first kappa shape index (κ1) is 18.0. The summed E-state index contributed by atoms with van der Waals surface area (Å²) in [7, 11) is 0. The number of carbonyl (C=O) groups excluding carboxylic acids is 2. The monoisotopic (exact) mass is 362 g/mol. The molecule has 0 aromatic heterocycles. The Bertz CT molecular complexity index is 633. The van der Waals surface area contributed by atoms with E-state index in [9.17, 15) is 14.7 Å². The molecule has 144 valence electrons. The molecule has 0 aromatic rings. The molecule has 6 heteroatoms. The van der Waals surface area contributed by atoms with Crippen LogP contribution in [-0.2, 0) is 14.3 Å². The molecule has 4 heterocycles. The molecular weight excluding hydrogens is 332 g/mol. The van der Waals surface area contributed by atoms with Gasteiger partial charge in [-0.15, -0.1) is 0 Å². The van der Waals surface area contributed by atoms with Crippen molar-refractivity contribution in [2.45, 2.75) is 70.2 Å². The highest BCUT2D eigenvalue weighted by atomic mass is 16.7. The third-order valence-electron chi connectivity index (χ3n) is 7.03. The van der Waals surface area contributed by atoms with Crippen LogP contribution in [0.2, 0.25) is 0 Å². The molecule has 4 rings (SSSR count). The standard InChI is InChI=1S/C20H30N2O4/c1-3-13(2)19(24)26-20(25)7-8-21-11-14-9-15(17(21)10-20)12-22-16(14)5-4-6-18(22)23/h3,14-17,25H,4-12H2,1-2H3/b13-3+/t14-,15-,16-,17-,20+/m1/s1. The predicted molar refractivity (Wildman–Crippen MR) is 96.0 cm³/mol. The van der Waals surface area contributed by atoms with Gasteiger partial charge < -0.3 is 14.7 Å². The summed E-state index contributed by atoms with van der Waals surface area (Å²) in [5, 5.41) is 10.9. The van der Waals surface area contributed by atoms with Crippen LogP contribution in [0.15, 0.2) is 11.6 Å². The Morgan fingerprint density at radius 3 is 2.85 bits per heavy atom. The highest BCUT2D eigenvalue weighted by Crippen LogP contribution is 2.45. The van der Waals surface area contributed by atoms with Crippen molar-refractivity contribution in [3.63, 3.8) is 0 Å². The van der Waals surface area contributed by atoms with Gasteiger partial charge in [-0.3, -0.25) is 9.69 Å². The molecule has 5 atom stereocenters. The Morgan fingerprint density at radius 1 is 1.31 bits per heavy atom. The second-order valence-electron chi connectivity index (χ2n) is 8.59. The number of nitrogens with zero attached hydrogens (tertiary/aromatic N) is 2. The minimum Gasteiger partial charge on any atom is -0.430 e. The van der Waals surface area contributed by atoms with Crippen LogP contribution in [0.4, 0.5) is 0 Å². The lowest BCUT2D eigenvalue weighted by atomic mass is 9.70. The molecule has 4 fully saturated rings. The predicted octanol–water partition coefficient (Wildman–Crippen LogP) is 1.68. The lowest BCUT2D eigenvalue weighted by Gasteiger charge is -2.58. The molecule has 0 spiro atoms. The second kappa shape index (κ2) is 6.64. The van der Waals surface area contributed by atoms with Crippen LogP contribution in [0.5, 0.6) is 0 Å². The summed E-state index contributed by atoms with van der Waals surface area (Å²) in [4.78, 5) is 29.1. The summed E-state index contributed by atoms with van der Waals surface area (Å²) < 4.78 is 5.49. The summed E-state index contributed by atoms with van der Waals surface area (Å²) in [5.74, 6) is -0.621. The number of allylic oxidation sites excluding steroid dienone is 1. The minimum absolute atomic E-state index is 0.180. The van der Waals surface area contributed by atoms with Gasteiger partial charge >= 0.3 is 5.97 Å². The van der Waals surface area contributed by atoms with Crippen molar-refractivity contribution in [1.29, 1.82) is 0 Å². The van der Waals surface area contributed by atoms with Gasteiger partial charge in [0, 0.05) is 56.6 Å². The summed E-state index contributed by atoms with van der Waals surface area (Å²) in [6, 6.07) is 0.587. The first-order valence-electron chi connectivity index (χ1n) is 10.0. The molecule has 0 aliphatic carbocycles. The quantitative estimate of drug-likeness (QED) is 0.460. The molecule has 1 N–H and O–H groups in total. The van der Waals surface area contributed by atoms with Gasteiger partial charge in [0.2, 0.25) is 11.7 Å². The number of carbonyl (C=O) groups is 2. The summed E-state index contributed by atoms with van der Waals surface area (Å²) >= 11 is 0. The Labute approximate surface area is 155 Å². The van der Waals surface area contributed by atoms with Gasteiger partial charge in [0.05, 0.1) is 0 Å². The van der Waals surface area contributed by atoms with Gasteiger partial charge in [0.1, 0.15) is 0 Å². The largest absolute Gasteiger partial charge is 0.430 e. The van der Waals surface area contributed by atoms with Gasteiger partial charge in [0.25, 0.3) is 0 Å². The van der Waals surface area contributed by atoms with Gasteiger partial charge in [-0.25, -0.2) is 4.79 Å². The summed E-state index contributed by atoms with van der Waals surface area (Å²) in [6.07, 6.45) is 6.55. The van der Waals surface area contributed by atoms with Gasteiger partial charge in [0.15, 0.2) is 0 Å². The van der Waals surface area contributed by atoms with Gasteiger partial charge in [-0.1, -0.05) is 6.08 Å². The molecule has 0 saturated carbocycles. The number of aliphatic hydroxyl groups is 1. The highest BCUT2D eigenvalue weighted by Gasteiger charge is 2.52. The average molecular weight is 362 g/mol. The molecule has 0 unspecified atom stereocenters. The molecule has 26 heavy (non-hydrogen) atoms.